The van der Waals surface area contributed by atoms with E-state index in [1.54, 1.807) is 35.8 Å². The van der Waals surface area contributed by atoms with E-state index in [2.05, 4.69) is 20.6 Å². The predicted molar refractivity (Wildman–Crippen MR) is 126 cm³/mol. The molecule has 0 radical (unpaired) electrons. The van der Waals surface area contributed by atoms with Crippen molar-refractivity contribution in [3.05, 3.63) is 95.4 Å². The topological polar surface area (TPSA) is 100 Å². The lowest BCUT2D eigenvalue weighted by Crippen LogP contribution is -2.35. The molecule has 0 fully saturated rings. The summed E-state index contributed by atoms with van der Waals surface area (Å²) >= 11 is 1.26. The molecule has 0 atom stereocenters. The highest BCUT2D eigenvalue weighted by molar-refractivity contribution is 7.14. The van der Waals surface area contributed by atoms with Crippen LogP contribution in [0.2, 0.25) is 0 Å². The van der Waals surface area contributed by atoms with Crippen molar-refractivity contribution in [1.82, 2.24) is 20.2 Å². The van der Waals surface area contributed by atoms with Gasteiger partial charge in [-0.1, -0.05) is 6.07 Å². The number of hydrogen-bond acceptors (Lipinski definition) is 7. The highest BCUT2D eigenvalue weighted by Gasteiger charge is 2.21. The summed E-state index contributed by atoms with van der Waals surface area (Å²) in [7, 11) is 0. The van der Waals surface area contributed by atoms with Gasteiger partial charge in [-0.3, -0.25) is 14.6 Å². The van der Waals surface area contributed by atoms with Crippen LogP contribution < -0.4 is 10.6 Å². The zero-order chi connectivity index (χ0) is 23.8. The second-order valence-corrected chi connectivity index (χ2v) is 8.18. The number of nitrogens with zero attached hydrogens (tertiary/aromatic N) is 3. The second-order valence-electron chi connectivity index (χ2n) is 7.32. The van der Waals surface area contributed by atoms with Crippen LogP contribution in [0.25, 0.3) is 0 Å². The van der Waals surface area contributed by atoms with Crippen LogP contribution in [0, 0.1) is 5.82 Å². The molecule has 2 N–H and O–H groups in total. The van der Waals surface area contributed by atoms with E-state index in [0.29, 0.717) is 23.1 Å². The first-order valence-corrected chi connectivity index (χ1v) is 11.4. The van der Waals surface area contributed by atoms with Crippen molar-refractivity contribution < 1.29 is 18.4 Å². The number of halogens is 1. The van der Waals surface area contributed by atoms with Gasteiger partial charge in [-0.15, -0.1) is 11.3 Å². The molecule has 0 aliphatic heterocycles. The number of carbonyl (C=O) groups excluding carboxylic acids is 2. The van der Waals surface area contributed by atoms with Gasteiger partial charge in [-0.05, 0) is 48.5 Å². The summed E-state index contributed by atoms with van der Waals surface area (Å²) in [5.41, 5.74) is 1.66. The van der Waals surface area contributed by atoms with Crippen molar-refractivity contribution in [1.29, 1.82) is 0 Å². The molecule has 174 valence electrons. The molecule has 4 rings (SSSR count). The number of carbonyl (C=O) groups is 2. The zero-order valence-electron chi connectivity index (χ0n) is 18.1. The molecule has 3 heterocycles. The van der Waals surface area contributed by atoms with Crippen LogP contribution >= 0.6 is 11.3 Å². The fourth-order valence-corrected chi connectivity index (χ4v) is 3.81. The molecule has 3 aromatic heterocycles. The number of rotatable bonds is 10. The molecular weight excluding hydrogens is 457 g/mol. The van der Waals surface area contributed by atoms with E-state index in [-0.39, 0.29) is 42.8 Å². The smallest absolute Gasteiger partial charge is 0.273 e. The third-order valence-electron chi connectivity index (χ3n) is 4.83. The van der Waals surface area contributed by atoms with Gasteiger partial charge >= 0.3 is 0 Å². The average molecular weight is 480 g/mol. The van der Waals surface area contributed by atoms with E-state index in [1.165, 1.54) is 34.6 Å². The van der Waals surface area contributed by atoms with Crippen LogP contribution in [0.5, 0.6) is 0 Å². The van der Waals surface area contributed by atoms with Crippen molar-refractivity contribution in [3.63, 3.8) is 0 Å². The minimum Gasteiger partial charge on any atom is -0.467 e. The summed E-state index contributed by atoms with van der Waals surface area (Å²) < 4.78 is 18.5. The quantitative estimate of drug-likeness (QED) is 0.351. The highest BCUT2D eigenvalue weighted by Crippen LogP contribution is 2.22. The maximum atomic E-state index is 13.2. The Morgan fingerprint density at radius 1 is 1.09 bits per heavy atom. The number of aromatic nitrogens is 2. The van der Waals surface area contributed by atoms with Crippen molar-refractivity contribution >= 4 is 34.0 Å². The van der Waals surface area contributed by atoms with E-state index in [0.717, 1.165) is 5.69 Å². The Balaban J connectivity index is 1.38. The van der Waals surface area contributed by atoms with Gasteiger partial charge in [-0.25, -0.2) is 9.37 Å². The van der Waals surface area contributed by atoms with Crippen LogP contribution in [0.15, 0.2) is 76.9 Å². The number of pyridine rings is 1. The fourth-order valence-electron chi connectivity index (χ4n) is 3.11. The molecule has 0 bridgehead atoms. The predicted octanol–water partition coefficient (Wildman–Crippen LogP) is 4.36. The molecule has 0 saturated carbocycles. The van der Waals surface area contributed by atoms with E-state index < -0.39 is 0 Å². The van der Waals surface area contributed by atoms with Crippen LogP contribution in [0.4, 0.5) is 15.2 Å². The summed E-state index contributed by atoms with van der Waals surface area (Å²) in [6.07, 6.45) is 3.31. The van der Waals surface area contributed by atoms with Crippen LogP contribution in [-0.4, -0.2) is 33.2 Å². The zero-order valence-corrected chi connectivity index (χ0v) is 18.9. The van der Waals surface area contributed by atoms with Crippen molar-refractivity contribution in [2.45, 2.75) is 19.5 Å². The van der Waals surface area contributed by atoms with Gasteiger partial charge in [0.1, 0.15) is 17.3 Å². The molecule has 4 aromatic rings. The lowest BCUT2D eigenvalue weighted by atomic mass is 10.3. The van der Waals surface area contributed by atoms with E-state index >= 15 is 0 Å². The Morgan fingerprint density at radius 3 is 2.68 bits per heavy atom. The maximum absolute atomic E-state index is 13.2. The largest absolute Gasteiger partial charge is 0.467 e. The van der Waals surface area contributed by atoms with Crippen LogP contribution in [-0.2, 0) is 17.9 Å². The number of hydrogen-bond donors (Lipinski definition) is 2. The van der Waals surface area contributed by atoms with Gasteiger partial charge in [-0.2, -0.15) is 0 Å². The Bertz CT molecular complexity index is 1210. The molecule has 0 aliphatic carbocycles. The maximum Gasteiger partial charge on any atom is 0.273 e. The molecule has 10 heteroatoms. The van der Waals surface area contributed by atoms with Crippen LogP contribution in [0.3, 0.4) is 0 Å². The Morgan fingerprint density at radius 2 is 1.94 bits per heavy atom. The van der Waals surface area contributed by atoms with Crippen molar-refractivity contribution in [3.8, 4) is 0 Å². The number of furan rings is 1. The third-order valence-corrected chi connectivity index (χ3v) is 5.59. The third kappa shape index (κ3) is 6.48. The first-order chi connectivity index (χ1) is 16.6. The molecule has 1 aromatic carbocycles. The summed E-state index contributed by atoms with van der Waals surface area (Å²) in [4.78, 5) is 35.6. The number of amides is 2. The number of benzene rings is 1. The molecule has 0 unspecified atom stereocenters. The van der Waals surface area contributed by atoms with Crippen molar-refractivity contribution in [2.24, 2.45) is 0 Å². The minimum atomic E-state index is -0.335. The normalized spacial score (nSPS) is 10.6. The van der Waals surface area contributed by atoms with Gasteiger partial charge in [0, 0.05) is 30.2 Å². The average Bonchev–Trinajstić information content (AvgIpc) is 3.54. The minimum absolute atomic E-state index is 0.115. The lowest BCUT2D eigenvalue weighted by molar-refractivity contribution is -0.121. The van der Waals surface area contributed by atoms with Crippen molar-refractivity contribution in [2.75, 3.05) is 11.9 Å². The highest BCUT2D eigenvalue weighted by atomic mass is 32.1. The monoisotopic (exact) mass is 479 g/mol. The molecular formula is C24H22FN5O3S. The Labute approximate surface area is 199 Å². The summed E-state index contributed by atoms with van der Waals surface area (Å²) in [5.74, 6) is -0.252. The Hall–Kier alpha value is -4.05. The first kappa shape index (κ1) is 23.1. The second kappa shape index (κ2) is 11.2. The fraction of sp³-hybridized carbons (Fsp3) is 0.167. The summed E-state index contributed by atoms with van der Waals surface area (Å²) in [5, 5.41) is 8.01. The number of anilines is 2. The standard InChI is InChI=1S/C24H22FN5O3S/c25-17-6-8-18(9-7-17)28-24-29-21(16-34-24)23(32)30(15-20-5-3-13-33-20)12-10-22(31)27-14-19-4-1-2-11-26-19/h1-9,11,13,16H,10,12,14-15H2,(H,27,31)(H,28,29). The van der Waals surface area contributed by atoms with E-state index in [1.807, 2.05) is 18.2 Å². The molecule has 0 spiro atoms. The molecule has 2 amide bonds. The molecule has 8 nitrogen and oxygen atoms in total. The first-order valence-electron chi connectivity index (χ1n) is 10.5. The summed E-state index contributed by atoms with van der Waals surface area (Å²) in [6.45, 7) is 0.708. The Kier molecular flexibility index (Phi) is 7.61. The van der Waals surface area contributed by atoms with E-state index in [9.17, 15) is 14.0 Å². The molecule has 0 saturated heterocycles. The number of nitrogens with one attached hydrogen (secondary N) is 2. The van der Waals surface area contributed by atoms with Crippen LogP contribution in [0.1, 0.15) is 28.4 Å². The summed E-state index contributed by atoms with van der Waals surface area (Å²) in [6, 6.07) is 14.9. The van der Waals surface area contributed by atoms with Gasteiger partial charge in [0.25, 0.3) is 5.91 Å². The number of thiazole rings is 1. The van der Waals surface area contributed by atoms with Gasteiger partial charge < -0.3 is 20.0 Å². The van der Waals surface area contributed by atoms with E-state index in [4.69, 9.17) is 4.42 Å². The lowest BCUT2D eigenvalue weighted by Gasteiger charge is -2.20. The SMILES string of the molecule is O=C(CCN(Cc1ccco1)C(=O)c1csc(Nc2ccc(F)cc2)n1)NCc1ccccn1. The van der Waals surface area contributed by atoms with Gasteiger partial charge in [0.05, 0.1) is 25.0 Å². The molecule has 34 heavy (non-hydrogen) atoms. The van der Waals surface area contributed by atoms with Gasteiger partial charge in [0.15, 0.2) is 5.13 Å². The van der Waals surface area contributed by atoms with Gasteiger partial charge in [0.2, 0.25) is 5.91 Å². The molecule has 0 aliphatic rings.